The topological polar surface area (TPSA) is 44.0 Å². The Morgan fingerprint density at radius 1 is 1.44 bits per heavy atom. The minimum absolute atomic E-state index is 0.354. The SMILES string of the molecule is [2H]c1c([2H])c(C#N)c([2H])c([2H])c1O. The van der Waals surface area contributed by atoms with Crippen LogP contribution >= 0.6 is 0 Å². The van der Waals surface area contributed by atoms with Crippen molar-refractivity contribution in [2.24, 2.45) is 0 Å². The third-order valence-electron chi connectivity index (χ3n) is 0.724. The molecule has 1 N–H and O–H groups in total. The minimum atomic E-state index is -0.728. The Morgan fingerprint density at radius 3 is 2.44 bits per heavy atom. The maximum atomic E-state index is 9.06. The van der Waals surface area contributed by atoms with Gasteiger partial charge in [-0.1, -0.05) is 0 Å². The number of phenolic OH excluding ortho intramolecular Hbond substituents is 1. The van der Waals surface area contributed by atoms with Gasteiger partial charge >= 0.3 is 0 Å². The minimum Gasteiger partial charge on any atom is -0.508 e. The van der Waals surface area contributed by atoms with E-state index in [0.29, 0.717) is 0 Å². The quantitative estimate of drug-likeness (QED) is 0.564. The second kappa shape index (κ2) is 2.19. The highest BCUT2D eigenvalue weighted by Crippen LogP contribution is 2.07. The van der Waals surface area contributed by atoms with Gasteiger partial charge in [0, 0.05) is 0 Å². The summed E-state index contributed by atoms with van der Waals surface area (Å²) in [6.45, 7) is 0. The predicted molar refractivity (Wildman–Crippen MR) is 32.8 cm³/mol. The van der Waals surface area contributed by atoms with Crippen LogP contribution in [0.4, 0.5) is 0 Å². The van der Waals surface area contributed by atoms with Crippen molar-refractivity contribution in [1.29, 1.82) is 5.26 Å². The zero-order valence-electron chi connectivity index (χ0n) is 8.39. The molecule has 0 saturated carbocycles. The van der Waals surface area contributed by atoms with Gasteiger partial charge < -0.3 is 5.11 Å². The lowest BCUT2D eigenvalue weighted by atomic mass is 10.2. The standard InChI is InChI=1S/C7H5NO/c8-5-6-1-3-7(9)4-2-6/h1-4,9H/i1D,2D,3D,4D. The molecule has 1 aromatic carbocycles. The Hall–Kier alpha value is -1.49. The fourth-order valence-corrected chi connectivity index (χ4v) is 0.362. The van der Waals surface area contributed by atoms with Gasteiger partial charge in [0.05, 0.1) is 17.1 Å². The van der Waals surface area contributed by atoms with Crippen molar-refractivity contribution in [2.45, 2.75) is 0 Å². The molecular weight excluding hydrogens is 114 g/mol. The molecule has 0 bridgehead atoms. The summed E-state index contributed by atoms with van der Waals surface area (Å²) < 4.78 is 28.7. The molecule has 0 aromatic heterocycles. The largest absolute Gasteiger partial charge is 0.508 e. The summed E-state index contributed by atoms with van der Waals surface area (Å²) in [5.41, 5.74) is -0.354. The van der Waals surface area contributed by atoms with E-state index in [1.807, 2.05) is 0 Å². The number of phenols is 1. The number of nitriles is 1. The second-order valence-corrected chi connectivity index (χ2v) is 1.34. The van der Waals surface area contributed by atoms with Crippen LogP contribution in [0.5, 0.6) is 5.75 Å². The van der Waals surface area contributed by atoms with Gasteiger partial charge in [-0.2, -0.15) is 5.26 Å². The number of benzene rings is 1. The Labute approximate surface area is 58.6 Å². The molecule has 0 fully saturated rings. The van der Waals surface area contributed by atoms with E-state index in [1.165, 1.54) is 0 Å². The number of aromatic hydroxyl groups is 1. The maximum Gasteiger partial charge on any atom is 0.115 e. The first-order valence-corrected chi connectivity index (χ1v) is 2.20. The van der Waals surface area contributed by atoms with Crippen LogP contribution in [-0.4, -0.2) is 5.11 Å². The molecule has 0 atom stereocenters. The van der Waals surface area contributed by atoms with E-state index in [2.05, 4.69) is 0 Å². The van der Waals surface area contributed by atoms with Crippen molar-refractivity contribution >= 4 is 0 Å². The summed E-state index contributed by atoms with van der Waals surface area (Å²) in [6.07, 6.45) is 0. The molecular formula is C7H5NO. The normalized spacial score (nSPS) is 14.6. The van der Waals surface area contributed by atoms with E-state index in [0.717, 1.165) is 0 Å². The van der Waals surface area contributed by atoms with Crippen molar-refractivity contribution in [3.63, 3.8) is 0 Å². The highest BCUT2D eigenvalue weighted by Gasteiger charge is 1.86. The summed E-state index contributed by atoms with van der Waals surface area (Å²) in [4.78, 5) is 0. The third-order valence-corrected chi connectivity index (χ3v) is 0.724. The average molecular weight is 123 g/mol. The highest BCUT2D eigenvalue weighted by atomic mass is 16.3. The first-order valence-electron chi connectivity index (χ1n) is 4.20. The fraction of sp³-hybridized carbons (Fsp3) is 0. The summed E-state index contributed by atoms with van der Waals surface area (Å²) >= 11 is 0. The highest BCUT2D eigenvalue weighted by molar-refractivity contribution is 5.33. The molecule has 1 rings (SSSR count). The number of nitrogens with zero attached hydrogens (tertiary/aromatic N) is 1. The number of hydrogen-bond donors (Lipinski definition) is 1. The molecule has 0 aliphatic rings. The molecule has 0 heterocycles. The molecule has 0 aliphatic heterocycles. The van der Waals surface area contributed by atoms with Gasteiger partial charge in [0.15, 0.2) is 0 Å². The zero-order valence-corrected chi connectivity index (χ0v) is 4.39. The molecule has 0 saturated heterocycles. The van der Waals surface area contributed by atoms with Gasteiger partial charge in [-0.05, 0) is 24.2 Å². The van der Waals surface area contributed by atoms with E-state index >= 15 is 0 Å². The molecule has 44 valence electrons. The van der Waals surface area contributed by atoms with Gasteiger partial charge in [0.25, 0.3) is 0 Å². The molecule has 0 amide bonds. The molecule has 0 aliphatic carbocycles. The van der Waals surface area contributed by atoms with Crippen molar-refractivity contribution < 1.29 is 10.6 Å². The molecule has 1 aromatic rings. The smallest absolute Gasteiger partial charge is 0.115 e. The van der Waals surface area contributed by atoms with Crippen LogP contribution < -0.4 is 0 Å². The first kappa shape index (κ1) is 2.40. The van der Waals surface area contributed by atoms with Crippen LogP contribution in [0, 0.1) is 11.3 Å². The van der Waals surface area contributed by atoms with Crippen LogP contribution in [0.15, 0.2) is 24.2 Å². The number of rotatable bonds is 0. The lowest BCUT2D eigenvalue weighted by molar-refractivity contribution is 0.475. The van der Waals surface area contributed by atoms with Crippen LogP contribution in [0.2, 0.25) is 0 Å². The van der Waals surface area contributed by atoms with Gasteiger partial charge in [-0.15, -0.1) is 0 Å². The molecule has 9 heavy (non-hydrogen) atoms. The van der Waals surface area contributed by atoms with E-state index in [4.69, 9.17) is 15.9 Å². The Kier molecular flexibility index (Phi) is 0.583. The summed E-state index contributed by atoms with van der Waals surface area (Å²) in [6, 6.07) is -0.651. The fourth-order valence-electron chi connectivity index (χ4n) is 0.362. The lowest BCUT2D eigenvalue weighted by Crippen LogP contribution is -1.69. The second-order valence-electron chi connectivity index (χ2n) is 1.34. The van der Waals surface area contributed by atoms with E-state index in [1.54, 1.807) is 6.07 Å². The summed E-state index contributed by atoms with van der Waals surface area (Å²) in [5, 5.41) is 17.6. The van der Waals surface area contributed by atoms with E-state index < -0.39 is 29.9 Å². The summed E-state index contributed by atoms with van der Waals surface area (Å²) in [5.74, 6) is -0.728. The molecule has 0 spiro atoms. The molecule has 0 unspecified atom stereocenters. The Balaban J connectivity index is 3.69. The van der Waals surface area contributed by atoms with Crippen molar-refractivity contribution in [3.05, 3.63) is 29.7 Å². The van der Waals surface area contributed by atoms with Gasteiger partial charge in [-0.25, -0.2) is 0 Å². The maximum absolute atomic E-state index is 9.06. The Bertz CT molecular complexity index is 381. The van der Waals surface area contributed by atoms with Crippen LogP contribution in [-0.2, 0) is 0 Å². The monoisotopic (exact) mass is 123 g/mol. The van der Waals surface area contributed by atoms with Crippen LogP contribution in [0.1, 0.15) is 11.0 Å². The van der Waals surface area contributed by atoms with E-state index in [9.17, 15) is 0 Å². The van der Waals surface area contributed by atoms with Crippen LogP contribution in [0.3, 0.4) is 0 Å². The Morgan fingerprint density at radius 2 is 2.00 bits per heavy atom. The van der Waals surface area contributed by atoms with Gasteiger partial charge in [0.2, 0.25) is 0 Å². The average Bonchev–Trinajstić information content (AvgIpc) is 2.13. The van der Waals surface area contributed by atoms with Crippen molar-refractivity contribution in [3.8, 4) is 11.8 Å². The molecule has 0 radical (unpaired) electrons. The predicted octanol–water partition coefficient (Wildman–Crippen LogP) is 1.26. The van der Waals surface area contributed by atoms with Gasteiger partial charge in [-0.3, -0.25) is 0 Å². The molecule has 2 heteroatoms. The zero-order chi connectivity index (χ0) is 10.2. The molecule has 2 nitrogen and oxygen atoms in total. The van der Waals surface area contributed by atoms with Crippen LogP contribution in [0.25, 0.3) is 0 Å². The van der Waals surface area contributed by atoms with Crippen molar-refractivity contribution in [1.82, 2.24) is 0 Å². The third kappa shape index (κ3) is 1.20. The van der Waals surface area contributed by atoms with Crippen molar-refractivity contribution in [2.75, 3.05) is 0 Å². The van der Waals surface area contributed by atoms with Gasteiger partial charge in [0.1, 0.15) is 5.75 Å². The van der Waals surface area contributed by atoms with E-state index in [-0.39, 0.29) is 5.56 Å². The summed E-state index contributed by atoms with van der Waals surface area (Å²) in [7, 11) is 0. The first-order chi connectivity index (χ1) is 6.00. The number of hydrogen-bond acceptors (Lipinski definition) is 2. The lowest BCUT2D eigenvalue weighted by Gasteiger charge is -1.87.